The molecule has 98 valence electrons. The van der Waals surface area contributed by atoms with Gasteiger partial charge in [-0.15, -0.1) is 11.3 Å². The second-order valence-electron chi connectivity index (χ2n) is 3.61. The van der Waals surface area contributed by atoms with Gasteiger partial charge in [-0.1, -0.05) is 23.7 Å². The molecule has 1 aromatic carbocycles. The Morgan fingerprint density at radius 2 is 2.16 bits per heavy atom. The lowest BCUT2D eigenvalue weighted by Gasteiger charge is -2.04. The second-order valence-corrected chi connectivity index (χ2v) is 5.31. The number of aliphatic carboxylic acids is 1. The van der Waals surface area contributed by atoms with Gasteiger partial charge in [-0.2, -0.15) is 0 Å². The number of carboxylic acids is 1. The third-order valence-electron chi connectivity index (χ3n) is 2.20. The highest BCUT2D eigenvalue weighted by atomic mass is 35.5. The molecule has 0 aliphatic rings. The van der Waals surface area contributed by atoms with Gasteiger partial charge in [-0.3, -0.25) is 0 Å². The molecule has 2 aromatic rings. The van der Waals surface area contributed by atoms with Crippen LogP contribution in [0.3, 0.4) is 0 Å². The lowest BCUT2D eigenvalue weighted by Crippen LogP contribution is -1.92. The largest absolute Gasteiger partial charge is 0.488 e. The third-order valence-corrected chi connectivity index (χ3v) is 3.29. The van der Waals surface area contributed by atoms with E-state index in [9.17, 15) is 4.79 Å². The van der Waals surface area contributed by atoms with Gasteiger partial charge in [0, 0.05) is 12.3 Å². The fourth-order valence-corrected chi connectivity index (χ4v) is 2.24. The average Bonchev–Trinajstić information content (AvgIpc) is 2.81. The van der Waals surface area contributed by atoms with Crippen LogP contribution < -0.4 is 4.74 Å². The van der Waals surface area contributed by atoms with Crippen LogP contribution in [-0.4, -0.2) is 16.1 Å². The Bertz CT molecular complexity index is 592. The van der Waals surface area contributed by atoms with Crippen LogP contribution in [0.2, 0.25) is 4.47 Å². The topological polar surface area (TPSA) is 59.4 Å². The molecule has 0 saturated carbocycles. The van der Waals surface area contributed by atoms with Gasteiger partial charge in [-0.25, -0.2) is 9.78 Å². The summed E-state index contributed by atoms with van der Waals surface area (Å²) in [5.41, 5.74) is 0.801. The molecule has 0 atom stereocenters. The van der Waals surface area contributed by atoms with E-state index < -0.39 is 5.97 Å². The molecule has 1 N–H and O–H groups in total. The van der Waals surface area contributed by atoms with Crippen molar-refractivity contribution in [2.45, 2.75) is 6.61 Å². The molecule has 0 fully saturated rings. The van der Waals surface area contributed by atoms with E-state index in [2.05, 4.69) is 4.98 Å². The average molecular weight is 296 g/mol. The first-order chi connectivity index (χ1) is 9.13. The molecule has 19 heavy (non-hydrogen) atoms. The maximum atomic E-state index is 10.4. The lowest BCUT2D eigenvalue weighted by molar-refractivity contribution is -0.131. The molecule has 1 aromatic heterocycles. The fraction of sp³-hybridized carbons (Fsp3) is 0.0769. The molecule has 6 heteroatoms. The third kappa shape index (κ3) is 4.39. The molecule has 4 nitrogen and oxygen atoms in total. The maximum Gasteiger partial charge on any atom is 0.328 e. The number of carboxylic acid groups (broad SMARTS) is 1. The minimum atomic E-state index is -0.970. The number of ether oxygens (including phenoxy) is 1. The smallest absolute Gasteiger partial charge is 0.328 e. The monoisotopic (exact) mass is 295 g/mol. The molecule has 0 saturated heterocycles. The van der Waals surface area contributed by atoms with Crippen molar-refractivity contribution in [2.75, 3.05) is 0 Å². The lowest BCUT2D eigenvalue weighted by atomic mass is 10.2. The van der Waals surface area contributed by atoms with E-state index in [-0.39, 0.29) is 0 Å². The minimum absolute atomic E-state index is 0.411. The van der Waals surface area contributed by atoms with Gasteiger partial charge >= 0.3 is 5.97 Å². The van der Waals surface area contributed by atoms with Gasteiger partial charge in [-0.05, 0) is 23.8 Å². The maximum absolute atomic E-state index is 10.4. The zero-order valence-electron chi connectivity index (χ0n) is 9.75. The van der Waals surface area contributed by atoms with Gasteiger partial charge < -0.3 is 9.84 Å². The first kappa shape index (κ1) is 13.6. The SMILES string of the molecule is O=C(O)C=Cc1ccc(OCc2cnc(Cl)s2)cc1. The number of rotatable bonds is 5. The predicted octanol–water partition coefficient (Wildman–Crippen LogP) is 3.47. The summed E-state index contributed by atoms with van der Waals surface area (Å²) in [6.45, 7) is 0.411. The van der Waals surface area contributed by atoms with Crippen molar-refractivity contribution in [3.8, 4) is 5.75 Å². The fourth-order valence-electron chi connectivity index (χ4n) is 1.35. The van der Waals surface area contributed by atoms with Gasteiger partial charge in [0.05, 0.1) is 4.88 Å². The molecular weight excluding hydrogens is 286 g/mol. The Hall–Kier alpha value is -1.85. The molecule has 0 aliphatic heterocycles. The quantitative estimate of drug-likeness (QED) is 0.858. The van der Waals surface area contributed by atoms with Crippen molar-refractivity contribution in [3.63, 3.8) is 0 Å². The Morgan fingerprint density at radius 3 is 2.74 bits per heavy atom. The standard InChI is InChI=1S/C13H10ClNO3S/c14-13-15-7-11(19-13)8-18-10-4-1-9(2-5-10)3-6-12(16)17/h1-7H,8H2,(H,16,17). The van der Waals surface area contributed by atoms with E-state index >= 15 is 0 Å². The van der Waals surface area contributed by atoms with Crippen molar-refractivity contribution in [1.82, 2.24) is 4.98 Å². The van der Waals surface area contributed by atoms with Gasteiger partial charge in [0.25, 0.3) is 0 Å². The van der Waals surface area contributed by atoms with Crippen LogP contribution in [0.5, 0.6) is 5.75 Å². The normalized spacial score (nSPS) is 10.8. The van der Waals surface area contributed by atoms with Gasteiger partial charge in [0.2, 0.25) is 0 Å². The van der Waals surface area contributed by atoms with Crippen LogP contribution >= 0.6 is 22.9 Å². The van der Waals surface area contributed by atoms with Crippen LogP contribution in [0.4, 0.5) is 0 Å². The van der Waals surface area contributed by atoms with E-state index in [1.807, 2.05) is 0 Å². The Kier molecular flexibility index (Phi) is 4.54. The van der Waals surface area contributed by atoms with Crippen molar-refractivity contribution in [3.05, 3.63) is 51.4 Å². The van der Waals surface area contributed by atoms with Crippen LogP contribution in [0.25, 0.3) is 6.08 Å². The number of aromatic nitrogens is 1. The molecular formula is C13H10ClNO3S. The van der Waals surface area contributed by atoms with E-state index in [1.54, 1.807) is 30.5 Å². The van der Waals surface area contributed by atoms with E-state index in [4.69, 9.17) is 21.4 Å². The van der Waals surface area contributed by atoms with Crippen LogP contribution in [0.1, 0.15) is 10.4 Å². The summed E-state index contributed by atoms with van der Waals surface area (Å²) in [5.74, 6) is -0.264. The summed E-state index contributed by atoms with van der Waals surface area (Å²) in [6.07, 6.45) is 4.29. The summed E-state index contributed by atoms with van der Waals surface area (Å²) in [5, 5.41) is 8.51. The summed E-state index contributed by atoms with van der Waals surface area (Å²) in [6, 6.07) is 7.14. The Balaban J connectivity index is 1.93. The molecule has 0 spiro atoms. The summed E-state index contributed by atoms with van der Waals surface area (Å²) < 4.78 is 6.05. The number of hydrogen-bond acceptors (Lipinski definition) is 4. The van der Waals surface area contributed by atoms with Crippen LogP contribution in [-0.2, 0) is 11.4 Å². The Morgan fingerprint density at radius 1 is 1.42 bits per heavy atom. The van der Waals surface area contributed by atoms with E-state index in [0.29, 0.717) is 16.8 Å². The summed E-state index contributed by atoms with van der Waals surface area (Å²) >= 11 is 7.09. The zero-order chi connectivity index (χ0) is 13.7. The van der Waals surface area contributed by atoms with Gasteiger partial charge in [0.1, 0.15) is 12.4 Å². The number of carbonyl (C=O) groups is 1. The van der Waals surface area contributed by atoms with Crippen LogP contribution in [0, 0.1) is 0 Å². The van der Waals surface area contributed by atoms with Gasteiger partial charge in [0.15, 0.2) is 4.47 Å². The van der Waals surface area contributed by atoms with Crippen molar-refractivity contribution in [1.29, 1.82) is 0 Å². The molecule has 0 amide bonds. The molecule has 1 heterocycles. The first-order valence-corrected chi connectivity index (χ1v) is 6.57. The molecule has 0 radical (unpaired) electrons. The highest BCUT2D eigenvalue weighted by Gasteiger charge is 2.00. The highest BCUT2D eigenvalue weighted by molar-refractivity contribution is 7.15. The number of hydrogen-bond donors (Lipinski definition) is 1. The predicted molar refractivity (Wildman–Crippen MR) is 74.6 cm³/mol. The van der Waals surface area contributed by atoms with Crippen molar-refractivity contribution in [2.24, 2.45) is 0 Å². The minimum Gasteiger partial charge on any atom is -0.488 e. The number of benzene rings is 1. The van der Waals surface area contributed by atoms with Crippen LogP contribution in [0.15, 0.2) is 36.5 Å². The first-order valence-electron chi connectivity index (χ1n) is 5.37. The summed E-state index contributed by atoms with van der Waals surface area (Å²) in [4.78, 5) is 15.2. The molecule has 0 aliphatic carbocycles. The Labute approximate surface area is 118 Å². The summed E-state index contributed by atoms with van der Waals surface area (Å²) in [7, 11) is 0. The number of thiazole rings is 1. The van der Waals surface area contributed by atoms with Crippen molar-refractivity contribution >= 4 is 35.0 Å². The number of halogens is 1. The zero-order valence-corrected chi connectivity index (χ0v) is 11.3. The van der Waals surface area contributed by atoms with E-state index in [0.717, 1.165) is 16.5 Å². The highest BCUT2D eigenvalue weighted by Crippen LogP contribution is 2.20. The molecule has 2 rings (SSSR count). The van der Waals surface area contributed by atoms with E-state index in [1.165, 1.54) is 17.4 Å². The molecule has 0 unspecified atom stereocenters. The molecule has 0 bridgehead atoms. The van der Waals surface area contributed by atoms with Crippen molar-refractivity contribution < 1.29 is 14.6 Å². The second kappa shape index (κ2) is 6.36. The number of nitrogens with zero attached hydrogens (tertiary/aromatic N) is 1.